The SMILES string of the molecule is CC(C)c1cc(CN)c2cccc(C(C)C)c2n1. The molecule has 1 heterocycles. The maximum atomic E-state index is 5.88. The van der Waals surface area contributed by atoms with E-state index in [2.05, 4.69) is 52.0 Å². The number of rotatable bonds is 3. The number of hydrogen-bond acceptors (Lipinski definition) is 2. The Balaban J connectivity index is 2.79. The van der Waals surface area contributed by atoms with Crippen molar-refractivity contribution in [3.8, 4) is 0 Å². The third-order valence-corrected chi connectivity index (χ3v) is 3.41. The van der Waals surface area contributed by atoms with Crippen molar-refractivity contribution in [2.24, 2.45) is 5.73 Å². The lowest BCUT2D eigenvalue weighted by molar-refractivity contribution is 0.819. The zero-order valence-electron chi connectivity index (χ0n) is 11.7. The van der Waals surface area contributed by atoms with E-state index >= 15 is 0 Å². The number of para-hydroxylation sites is 1. The Morgan fingerprint density at radius 2 is 1.83 bits per heavy atom. The lowest BCUT2D eigenvalue weighted by Gasteiger charge is -2.15. The van der Waals surface area contributed by atoms with Gasteiger partial charge in [0, 0.05) is 17.6 Å². The summed E-state index contributed by atoms with van der Waals surface area (Å²) < 4.78 is 0. The summed E-state index contributed by atoms with van der Waals surface area (Å²) in [4.78, 5) is 4.85. The zero-order valence-corrected chi connectivity index (χ0v) is 11.7. The highest BCUT2D eigenvalue weighted by Crippen LogP contribution is 2.28. The molecule has 0 saturated heterocycles. The highest BCUT2D eigenvalue weighted by Gasteiger charge is 2.12. The summed E-state index contributed by atoms with van der Waals surface area (Å²) in [6.45, 7) is 9.33. The Hall–Kier alpha value is -1.41. The fourth-order valence-corrected chi connectivity index (χ4v) is 2.29. The molecule has 1 aromatic carbocycles. The minimum Gasteiger partial charge on any atom is -0.326 e. The molecule has 0 atom stereocenters. The predicted molar refractivity (Wildman–Crippen MR) is 77.8 cm³/mol. The molecule has 0 spiro atoms. The van der Waals surface area contributed by atoms with Crippen molar-refractivity contribution in [1.82, 2.24) is 4.98 Å². The van der Waals surface area contributed by atoms with Crippen LogP contribution in [0.5, 0.6) is 0 Å². The Labute approximate surface area is 109 Å². The second-order valence-electron chi connectivity index (χ2n) is 5.46. The summed E-state index contributed by atoms with van der Waals surface area (Å²) in [6.07, 6.45) is 0. The van der Waals surface area contributed by atoms with Gasteiger partial charge in [-0.1, -0.05) is 45.9 Å². The number of hydrogen-bond donors (Lipinski definition) is 1. The minimum atomic E-state index is 0.430. The summed E-state index contributed by atoms with van der Waals surface area (Å²) in [5.74, 6) is 0.911. The fraction of sp³-hybridized carbons (Fsp3) is 0.438. The van der Waals surface area contributed by atoms with Gasteiger partial charge < -0.3 is 5.73 Å². The van der Waals surface area contributed by atoms with E-state index in [1.807, 2.05) is 0 Å². The van der Waals surface area contributed by atoms with Gasteiger partial charge in [0.1, 0.15) is 0 Å². The van der Waals surface area contributed by atoms with E-state index < -0.39 is 0 Å². The van der Waals surface area contributed by atoms with Crippen molar-refractivity contribution in [2.75, 3.05) is 0 Å². The van der Waals surface area contributed by atoms with E-state index in [1.54, 1.807) is 0 Å². The largest absolute Gasteiger partial charge is 0.326 e. The van der Waals surface area contributed by atoms with Crippen LogP contribution in [-0.2, 0) is 6.54 Å². The average molecular weight is 242 g/mol. The van der Waals surface area contributed by atoms with Crippen LogP contribution < -0.4 is 5.73 Å². The first kappa shape index (κ1) is 13.0. The molecule has 0 radical (unpaired) electrons. The number of benzene rings is 1. The Morgan fingerprint density at radius 3 is 2.39 bits per heavy atom. The van der Waals surface area contributed by atoms with Gasteiger partial charge in [-0.05, 0) is 29.0 Å². The molecule has 0 saturated carbocycles. The van der Waals surface area contributed by atoms with E-state index in [0.717, 1.165) is 11.2 Å². The van der Waals surface area contributed by atoms with Gasteiger partial charge in [0.25, 0.3) is 0 Å². The van der Waals surface area contributed by atoms with Gasteiger partial charge in [0.2, 0.25) is 0 Å². The first-order chi connectivity index (χ1) is 8.54. The van der Waals surface area contributed by atoms with Gasteiger partial charge in [-0.15, -0.1) is 0 Å². The van der Waals surface area contributed by atoms with Gasteiger partial charge in [-0.3, -0.25) is 4.98 Å². The summed E-state index contributed by atoms with van der Waals surface area (Å²) in [5, 5.41) is 1.20. The third kappa shape index (κ3) is 2.25. The van der Waals surface area contributed by atoms with Gasteiger partial charge in [0.15, 0.2) is 0 Å². The molecule has 0 aliphatic heterocycles. The van der Waals surface area contributed by atoms with Crippen LogP contribution in [0.1, 0.15) is 56.4 Å². The van der Waals surface area contributed by atoms with E-state index in [0.29, 0.717) is 18.4 Å². The van der Waals surface area contributed by atoms with E-state index in [1.165, 1.54) is 16.5 Å². The number of nitrogens with two attached hydrogens (primary N) is 1. The second-order valence-corrected chi connectivity index (χ2v) is 5.46. The molecule has 96 valence electrons. The standard InChI is InChI=1S/C16H22N2/c1-10(2)13-6-5-7-14-12(9-17)8-15(11(3)4)18-16(13)14/h5-8,10-11H,9,17H2,1-4H3. The molecule has 0 aliphatic carbocycles. The van der Waals surface area contributed by atoms with Crippen molar-refractivity contribution in [2.45, 2.75) is 46.1 Å². The van der Waals surface area contributed by atoms with Crippen LogP contribution in [0.25, 0.3) is 10.9 Å². The van der Waals surface area contributed by atoms with Crippen LogP contribution in [0.4, 0.5) is 0 Å². The molecular weight excluding hydrogens is 220 g/mol. The summed E-state index contributed by atoms with van der Waals surface area (Å²) >= 11 is 0. The van der Waals surface area contributed by atoms with Crippen molar-refractivity contribution in [1.29, 1.82) is 0 Å². The molecule has 2 nitrogen and oxygen atoms in total. The molecule has 1 aromatic heterocycles. The molecule has 18 heavy (non-hydrogen) atoms. The maximum Gasteiger partial charge on any atom is 0.0743 e. The van der Waals surface area contributed by atoms with Crippen molar-refractivity contribution < 1.29 is 0 Å². The van der Waals surface area contributed by atoms with Crippen LogP contribution >= 0.6 is 0 Å². The molecule has 2 aromatic rings. The molecule has 0 fully saturated rings. The Kier molecular flexibility index (Phi) is 3.67. The smallest absolute Gasteiger partial charge is 0.0743 e. The molecule has 2 rings (SSSR count). The summed E-state index contributed by atoms with van der Waals surface area (Å²) in [7, 11) is 0. The van der Waals surface area contributed by atoms with Crippen LogP contribution in [0.2, 0.25) is 0 Å². The van der Waals surface area contributed by atoms with Crippen molar-refractivity contribution in [3.63, 3.8) is 0 Å². The lowest BCUT2D eigenvalue weighted by Crippen LogP contribution is -2.04. The van der Waals surface area contributed by atoms with E-state index in [9.17, 15) is 0 Å². The quantitative estimate of drug-likeness (QED) is 0.885. The molecule has 0 aliphatic rings. The lowest BCUT2D eigenvalue weighted by atomic mass is 9.96. The normalized spacial score (nSPS) is 11.7. The molecule has 0 amide bonds. The van der Waals surface area contributed by atoms with Crippen molar-refractivity contribution in [3.05, 3.63) is 41.1 Å². The van der Waals surface area contributed by atoms with Crippen molar-refractivity contribution >= 4 is 10.9 Å². The third-order valence-electron chi connectivity index (χ3n) is 3.41. The summed E-state index contributed by atoms with van der Waals surface area (Å²) in [6, 6.07) is 8.55. The number of nitrogens with zero attached hydrogens (tertiary/aromatic N) is 1. The first-order valence-electron chi connectivity index (χ1n) is 6.67. The molecule has 2 N–H and O–H groups in total. The van der Waals surface area contributed by atoms with Crippen LogP contribution in [0.15, 0.2) is 24.3 Å². The molecule has 2 heteroatoms. The van der Waals surface area contributed by atoms with E-state index in [4.69, 9.17) is 10.7 Å². The highest BCUT2D eigenvalue weighted by atomic mass is 14.7. The van der Waals surface area contributed by atoms with Crippen LogP contribution in [0, 0.1) is 0 Å². The van der Waals surface area contributed by atoms with Gasteiger partial charge in [-0.2, -0.15) is 0 Å². The van der Waals surface area contributed by atoms with Gasteiger partial charge in [-0.25, -0.2) is 0 Å². The predicted octanol–water partition coefficient (Wildman–Crippen LogP) is 3.94. The average Bonchev–Trinajstić information content (AvgIpc) is 2.36. The first-order valence-corrected chi connectivity index (χ1v) is 6.67. The topological polar surface area (TPSA) is 38.9 Å². The van der Waals surface area contributed by atoms with Crippen LogP contribution in [0.3, 0.4) is 0 Å². The highest BCUT2D eigenvalue weighted by molar-refractivity contribution is 5.85. The maximum absolute atomic E-state index is 5.88. The second kappa shape index (κ2) is 5.07. The fourth-order valence-electron chi connectivity index (χ4n) is 2.29. The van der Waals surface area contributed by atoms with E-state index in [-0.39, 0.29) is 0 Å². The number of aromatic nitrogens is 1. The van der Waals surface area contributed by atoms with Crippen LogP contribution in [-0.4, -0.2) is 4.98 Å². The van der Waals surface area contributed by atoms with Gasteiger partial charge >= 0.3 is 0 Å². The minimum absolute atomic E-state index is 0.430. The number of fused-ring (bicyclic) bond motifs is 1. The Morgan fingerprint density at radius 1 is 1.11 bits per heavy atom. The van der Waals surface area contributed by atoms with Gasteiger partial charge in [0.05, 0.1) is 5.52 Å². The number of pyridine rings is 1. The monoisotopic (exact) mass is 242 g/mol. The molecule has 0 unspecified atom stereocenters. The molecule has 0 bridgehead atoms. The summed E-state index contributed by atoms with van der Waals surface area (Å²) in [5.41, 5.74) is 10.7. The Bertz CT molecular complexity index is 556. The molecular formula is C16H22N2. The zero-order chi connectivity index (χ0) is 13.3.